The first-order chi connectivity index (χ1) is 9.36. The second-order valence-corrected chi connectivity index (χ2v) is 5.57. The molecule has 2 heteroatoms. The number of aryl methyl sites for hydroxylation is 3. The molecule has 2 nitrogen and oxygen atoms in total. The first-order valence-electron chi connectivity index (χ1n) is 6.81. The first-order valence-corrected chi connectivity index (χ1v) is 6.81. The van der Waals surface area contributed by atoms with Crippen LogP contribution in [0.4, 0.5) is 0 Å². The van der Waals surface area contributed by atoms with Gasteiger partial charge in [-0.3, -0.25) is 0 Å². The summed E-state index contributed by atoms with van der Waals surface area (Å²) >= 11 is 0. The van der Waals surface area contributed by atoms with Gasteiger partial charge in [-0.15, -0.1) is 0 Å². The predicted molar refractivity (Wildman–Crippen MR) is 82.3 cm³/mol. The van der Waals surface area contributed by atoms with Crippen molar-refractivity contribution < 1.29 is 9.84 Å². The smallest absolute Gasteiger partial charge is 0.119 e. The topological polar surface area (TPSA) is 29.5 Å². The molecule has 0 heterocycles. The van der Waals surface area contributed by atoms with Crippen molar-refractivity contribution in [1.82, 2.24) is 0 Å². The zero-order chi connectivity index (χ0) is 14.9. The van der Waals surface area contributed by atoms with Crippen molar-refractivity contribution >= 4 is 0 Å². The number of ether oxygens (including phenoxy) is 1. The highest BCUT2D eigenvalue weighted by Crippen LogP contribution is 2.35. The average Bonchev–Trinajstić information content (AvgIpc) is 2.40. The Hall–Kier alpha value is -1.80. The lowest BCUT2D eigenvalue weighted by atomic mass is 9.83. The number of aliphatic hydroxyl groups is 1. The summed E-state index contributed by atoms with van der Waals surface area (Å²) in [6.45, 7) is 7.92. The van der Waals surface area contributed by atoms with E-state index >= 15 is 0 Å². The SMILES string of the molecule is COc1ccc(C(C)(O)c2cc(C)ccc2C)c(C)c1. The summed E-state index contributed by atoms with van der Waals surface area (Å²) in [4.78, 5) is 0. The van der Waals surface area contributed by atoms with E-state index in [1.165, 1.54) is 0 Å². The monoisotopic (exact) mass is 270 g/mol. The molecule has 0 aliphatic heterocycles. The lowest BCUT2D eigenvalue weighted by Gasteiger charge is -2.28. The summed E-state index contributed by atoms with van der Waals surface area (Å²) in [5, 5.41) is 11.1. The van der Waals surface area contributed by atoms with Gasteiger partial charge in [-0.05, 0) is 62.1 Å². The highest BCUT2D eigenvalue weighted by molar-refractivity contribution is 5.46. The lowest BCUT2D eigenvalue weighted by molar-refractivity contribution is 0.101. The molecule has 106 valence electrons. The molecule has 0 radical (unpaired) electrons. The molecule has 0 amide bonds. The third-order valence-electron chi connectivity index (χ3n) is 3.88. The van der Waals surface area contributed by atoms with Gasteiger partial charge >= 0.3 is 0 Å². The molecule has 1 unspecified atom stereocenters. The summed E-state index contributed by atoms with van der Waals surface area (Å²) in [5.74, 6) is 0.808. The van der Waals surface area contributed by atoms with Crippen molar-refractivity contribution in [3.63, 3.8) is 0 Å². The third kappa shape index (κ3) is 2.56. The molecule has 1 N–H and O–H groups in total. The molecular weight excluding hydrogens is 248 g/mol. The van der Waals surface area contributed by atoms with Gasteiger partial charge < -0.3 is 9.84 Å². The maximum Gasteiger partial charge on any atom is 0.119 e. The maximum absolute atomic E-state index is 11.1. The van der Waals surface area contributed by atoms with Crippen LogP contribution in [-0.2, 0) is 5.60 Å². The molecular formula is C18H22O2. The Morgan fingerprint density at radius 3 is 2.20 bits per heavy atom. The van der Waals surface area contributed by atoms with Crippen LogP contribution in [0.1, 0.15) is 34.7 Å². The maximum atomic E-state index is 11.1. The minimum atomic E-state index is -1.01. The highest BCUT2D eigenvalue weighted by atomic mass is 16.5. The Morgan fingerprint density at radius 2 is 1.60 bits per heavy atom. The molecule has 20 heavy (non-hydrogen) atoms. The Kier molecular flexibility index (Phi) is 3.87. The summed E-state index contributed by atoms with van der Waals surface area (Å²) < 4.78 is 5.23. The van der Waals surface area contributed by atoms with E-state index in [1.807, 2.05) is 45.9 Å². The minimum Gasteiger partial charge on any atom is -0.497 e. The van der Waals surface area contributed by atoms with Crippen LogP contribution in [0, 0.1) is 20.8 Å². The fourth-order valence-electron chi connectivity index (χ4n) is 2.71. The summed E-state index contributed by atoms with van der Waals surface area (Å²) in [5.41, 5.74) is 4.12. The van der Waals surface area contributed by atoms with E-state index in [0.717, 1.165) is 33.6 Å². The van der Waals surface area contributed by atoms with Gasteiger partial charge in [0.15, 0.2) is 0 Å². The number of hydrogen-bond acceptors (Lipinski definition) is 2. The second kappa shape index (κ2) is 5.29. The quantitative estimate of drug-likeness (QED) is 0.917. The molecule has 0 bridgehead atoms. The summed E-state index contributed by atoms with van der Waals surface area (Å²) in [6.07, 6.45) is 0. The fourth-order valence-corrected chi connectivity index (χ4v) is 2.71. The average molecular weight is 270 g/mol. The fraction of sp³-hybridized carbons (Fsp3) is 0.333. The van der Waals surface area contributed by atoms with Crippen LogP contribution < -0.4 is 4.74 Å². The molecule has 1 atom stereocenters. The van der Waals surface area contributed by atoms with Gasteiger partial charge in [0.2, 0.25) is 0 Å². The second-order valence-electron chi connectivity index (χ2n) is 5.57. The van der Waals surface area contributed by atoms with E-state index in [9.17, 15) is 5.11 Å². The van der Waals surface area contributed by atoms with Crippen molar-refractivity contribution in [2.45, 2.75) is 33.3 Å². The van der Waals surface area contributed by atoms with Crippen LogP contribution in [0.3, 0.4) is 0 Å². The van der Waals surface area contributed by atoms with E-state index in [1.54, 1.807) is 7.11 Å². The molecule has 0 spiro atoms. The van der Waals surface area contributed by atoms with Crippen LogP contribution >= 0.6 is 0 Å². The van der Waals surface area contributed by atoms with E-state index in [2.05, 4.69) is 18.2 Å². The summed E-state index contributed by atoms with van der Waals surface area (Å²) in [7, 11) is 1.65. The number of methoxy groups -OCH3 is 1. The minimum absolute atomic E-state index is 0.808. The van der Waals surface area contributed by atoms with Crippen LogP contribution in [0.2, 0.25) is 0 Å². The van der Waals surface area contributed by atoms with E-state index in [4.69, 9.17) is 4.74 Å². The predicted octanol–water partition coefficient (Wildman–Crippen LogP) is 3.88. The van der Waals surface area contributed by atoms with Crippen LogP contribution in [0.25, 0.3) is 0 Å². The molecule has 0 aliphatic rings. The van der Waals surface area contributed by atoms with Gasteiger partial charge in [-0.25, -0.2) is 0 Å². The van der Waals surface area contributed by atoms with Crippen molar-refractivity contribution in [2.24, 2.45) is 0 Å². The molecule has 0 aromatic heterocycles. The molecule has 0 saturated heterocycles. The van der Waals surface area contributed by atoms with E-state index in [-0.39, 0.29) is 0 Å². The molecule has 2 aromatic carbocycles. The van der Waals surface area contributed by atoms with Gasteiger partial charge in [0.05, 0.1) is 7.11 Å². The van der Waals surface area contributed by atoms with Crippen molar-refractivity contribution in [3.05, 3.63) is 64.2 Å². The van der Waals surface area contributed by atoms with E-state index in [0.29, 0.717) is 0 Å². The highest BCUT2D eigenvalue weighted by Gasteiger charge is 2.29. The Balaban J connectivity index is 2.57. The standard InChI is InChI=1S/C18H22O2/c1-12-6-7-13(2)17(10-12)18(4,19)16-9-8-15(20-5)11-14(16)3/h6-11,19H,1-5H3. The van der Waals surface area contributed by atoms with Gasteiger partial charge in [-0.1, -0.05) is 29.8 Å². The van der Waals surface area contributed by atoms with Crippen LogP contribution in [-0.4, -0.2) is 12.2 Å². The third-order valence-corrected chi connectivity index (χ3v) is 3.88. The van der Waals surface area contributed by atoms with Gasteiger partial charge in [0.1, 0.15) is 11.4 Å². The van der Waals surface area contributed by atoms with Gasteiger partial charge in [0, 0.05) is 0 Å². The molecule has 0 aliphatic carbocycles. The van der Waals surface area contributed by atoms with Crippen LogP contribution in [0.5, 0.6) is 5.75 Å². The van der Waals surface area contributed by atoms with Crippen molar-refractivity contribution in [2.75, 3.05) is 7.11 Å². The van der Waals surface area contributed by atoms with E-state index < -0.39 is 5.60 Å². The zero-order valence-electron chi connectivity index (χ0n) is 12.8. The largest absolute Gasteiger partial charge is 0.497 e. The molecule has 0 saturated carbocycles. The van der Waals surface area contributed by atoms with Crippen molar-refractivity contribution in [3.8, 4) is 5.75 Å². The Labute approximate surface area is 121 Å². The molecule has 0 fully saturated rings. The molecule has 2 rings (SSSR count). The molecule has 2 aromatic rings. The van der Waals surface area contributed by atoms with Gasteiger partial charge in [-0.2, -0.15) is 0 Å². The normalized spacial score (nSPS) is 13.9. The van der Waals surface area contributed by atoms with Gasteiger partial charge in [0.25, 0.3) is 0 Å². The van der Waals surface area contributed by atoms with Crippen LogP contribution in [0.15, 0.2) is 36.4 Å². The zero-order valence-corrected chi connectivity index (χ0v) is 12.8. The summed E-state index contributed by atoms with van der Waals surface area (Å²) in [6, 6.07) is 12.0. The lowest BCUT2D eigenvalue weighted by Crippen LogP contribution is -2.25. The number of benzene rings is 2. The Morgan fingerprint density at radius 1 is 0.900 bits per heavy atom. The number of rotatable bonds is 3. The first kappa shape index (κ1) is 14.6. The Bertz CT molecular complexity index is 627. The van der Waals surface area contributed by atoms with Crippen molar-refractivity contribution in [1.29, 1.82) is 0 Å². The number of hydrogen-bond donors (Lipinski definition) is 1.